The maximum Gasteiger partial charge on any atom is 0.416 e. The summed E-state index contributed by atoms with van der Waals surface area (Å²) in [5, 5.41) is 9.30. The van der Waals surface area contributed by atoms with E-state index < -0.39 is 23.1 Å². The van der Waals surface area contributed by atoms with Gasteiger partial charge in [0.25, 0.3) is 0 Å². The van der Waals surface area contributed by atoms with Gasteiger partial charge in [-0.1, -0.05) is 30.4 Å². The van der Waals surface area contributed by atoms with E-state index in [1.165, 1.54) is 18.2 Å². The van der Waals surface area contributed by atoms with Crippen LogP contribution in [0.4, 0.5) is 13.2 Å². The second kappa shape index (κ2) is 4.15. The molecule has 96 valence electrons. The van der Waals surface area contributed by atoms with Crippen molar-refractivity contribution in [2.45, 2.75) is 24.4 Å². The van der Waals surface area contributed by atoms with Crippen LogP contribution in [0.1, 0.15) is 24.0 Å². The maximum atomic E-state index is 12.9. The SMILES string of the molecule is O=C(O)C1(c2ccccc2C(F)(F)F)CC=CC1. The number of benzene rings is 1. The molecule has 0 aliphatic heterocycles. The summed E-state index contributed by atoms with van der Waals surface area (Å²) in [4.78, 5) is 11.4. The predicted molar refractivity (Wildman–Crippen MR) is 59.1 cm³/mol. The van der Waals surface area contributed by atoms with Crippen molar-refractivity contribution < 1.29 is 23.1 Å². The van der Waals surface area contributed by atoms with E-state index in [-0.39, 0.29) is 18.4 Å². The lowest BCUT2D eigenvalue weighted by molar-refractivity contribution is -0.145. The molecule has 0 saturated heterocycles. The molecule has 0 radical (unpaired) electrons. The first-order valence-corrected chi connectivity index (χ1v) is 5.43. The first-order chi connectivity index (χ1) is 8.38. The van der Waals surface area contributed by atoms with Crippen LogP contribution in [0.3, 0.4) is 0 Å². The fourth-order valence-electron chi connectivity index (χ4n) is 2.31. The number of hydrogen-bond acceptors (Lipinski definition) is 1. The minimum Gasteiger partial charge on any atom is -0.481 e. The highest BCUT2D eigenvalue weighted by molar-refractivity contribution is 5.83. The zero-order valence-corrected chi connectivity index (χ0v) is 9.37. The molecule has 0 saturated carbocycles. The summed E-state index contributed by atoms with van der Waals surface area (Å²) in [6, 6.07) is 4.89. The van der Waals surface area contributed by atoms with Gasteiger partial charge in [-0.3, -0.25) is 4.79 Å². The smallest absolute Gasteiger partial charge is 0.416 e. The molecule has 0 unspecified atom stereocenters. The molecule has 1 aliphatic carbocycles. The first kappa shape index (κ1) is 12.7. The molecule has 2 nitrogen and oxygen atoms in total. The summed E-state index contributed by atoms with van der Waals surface area (Å²) in [5.41, 5.74) is -2.50. The summed E-state index contributed by atoms with van der Waals surface area (Å²) < 4.78 is 38.8. The molecule has 1 aromatic rings. The topological polar surface area (TPSA) is 37.3 Å². The lowest BCUT2D eigenvalue weighted by atomic mass is 9.76. The molecular weight excluding hydrogens is 245 g/mol. The van der Waals surface area contributed by atoms with Gasteiger partial charge in [0.15, 0.2) is 0 Å². The molecule has 1 aliphatic rings. The van der Waals surface area contributed by atoms with Crippen LogP contribution in [-0.2, 0) is 16.4 Å². The van der Waals surface area contributed by atoms with Gasteiger partial charge in [-0.15, -0.1) is 0 Å². The molecule has 0 atom stereocenters. The Morgan fingerprint density at radius 2 is 1.72 bits per heavy atom. The van der Waals surface area contributed by atoms with E-state index >= 15 is 0 Å². The summed E-state index contributed by atoms with van der Waals surface area (Å²) in [5.74, 6) is -1.22. The van der Waals surface area contributed by atoms with Gasteiger partial charge in [-0.2, -0.15) is 13.2 Å². The number of alkyl halides is 3. The van der Waals surface area contributed by atoms with Crippen LogP contribution in [0.25, 0.3) is 0 Å². The number of carboxylic acid groups (broad SMARTS) is 1. The zero-order valence-electron chi connectivity index (χ0n) is 9.37. The van der Waals surface area contributed by atoms with Gasteiger partial charge in [-0.05, 0) is 24.5 Å². The third kappa shape index (κ3) is 1.89. The monoisotopic (exact) mass is 256 g/mol. The van der Waals surface area contributed by atoms with Crippen LogP contribution in [0, 0.1) is 0 Å². The molecule has 0 amide bonds. The lowest BCUT2D eigenvalue weighted by Gasteiger charge is -2.27. The molecule has 1 aromatic carbocycles. The molecule has 18 heavy (non-hydrogen) atoms. The Labute approximate surface area is 102 Å². The standard InChI is InChI=1S/C13H11F3O2/c14-13(15,16)10-6-2-1-5-9(10)12(11(17)18)7-3-4-8-12/h1-6H,7-8H2,(H,17,18). The van der Waals surface area contributed by atoms with Gasteiger partial charge >= 0.3 is 12.1 Å². The minimum atomic E-state index is -4.54. The normalized spacial score (nSPS) is 17.9. The van der Waals surface area contributed by atoms with Gasteiger partial charge in [0.1, 0.15) is 5.41 Å². The Bertz CT molecular complexity index is 495. The Hall–Kier alpha value is -1.78. The van der Waals surface area contributed by atoms with Crippen LogP contribution in [0.2, 0.25) is 0 Å². The molecule has 0 aromatic heterocycles. The number of allylic oxidation sites excluding steroid dienone is 2. The number of carboxylic acids is 1. The summed E-state index contributed by atoms with van der Waals surface area (Å²) >= 11 is 0. The highest BCUT2D eigenvalue weighted by Crippen LogP contribution is 2.43. The maximum absolute atomic E-state index is 12.9. The van der Waals surface area contributed by atoms with Crippen LogP contribution >= 0.6 is 0 Å². The van der Waals surface area contributed by atoms with Gasteiger partial charge in [-0.25, -0.2) is 0 Å². The molecular formula is C13H11F3O2. The average Bonchev–Trinajstić information content (AvgIpc) is 2.78. The zero-order chi connectivity index (χ0) is 13.4. The number of carbonyl (C=O) groups is 1. The first-order valence-electron chi connectivity index (χ1n) is 5.43. The van der Waals surface area contributed by atoms with Crippen molar-refractivity contribution in [3.8, 4) is 0 Å². The van der Waals surface area contributed by atoms with E-state index in [0.29, 0.717) is 0 Å². The Kier molecular flexibility index (Phi) is 2.92. The molecule has 0 fully saturated rings. The van der Waals surface area contributed by atoms with Gasteiger partial charge < -0.3 is 5.11 Å². The van der Waals surface area contributed by atoms with Crippen molar-refractivity contribution in [3.63, 3.8) is 0 Å². The van der Waals surface area contributed by atoms with E-state index in [2.05, 4.69) is 0 Å². The highest BCUT2D eigenvalue weighted by Gasteiger charge is 2.46. The van der Waals surface area contributed by atoms with E-state index in [9.17, 15) is 23.1 Å². The third-order valence-corrected chi connectivity index (χ3v) is 3.26. The summed E-state index contributed by atoms with van der Waals surface area (Å²) in [6.45, 7) is 0. The summed E-state index contributed by atoms with van der Waals surface area (Å²) in [6.07, 6.45) is -1.13. The summed E-state index contributed by atoms with van der Waals surface area (Å²) in [7, 11) is 0. The van der Waals surface area contributed by atoms with E-state index in [0.717, 1.165) is 6.07 Å². The van der Waals surface area contributed by atoms with Crippen molar-refractivity contribution in [2.75, 3.05) is 0 Å². The molecule has 5 heteroatoms. The van der Waals surface area contributed by atoms with Crippen LogP contribution in [0.15, 0.2) is 36.4 Å². The molecule has 0 heterocycles. The van der Waals surface area contributed by atoms with E-state index in [4.69, 9.17) is 0 Å². The average molecular weight is 256 g/mol. The van der Waals surface area contributed by atoms with Crippen molar-refractivity contribution in [1.82, 2.24) is 0 Å². The number of aliphatic carboxylic acids is 1. The fraction of sp³-hybridized carbons (Fsp3) is 0.308. The van der Waals surface area contributed by atoms with Crippen molar-refractivity contribution in [1.29, 1.82) is 0 Å². The Morgan fingerprint density at radius 1 is 1.17 bits per heavy atom. The number of rotatable bonds is 2. The van der Waals surface area contributed by atoms with E-state index in [1.807, 2.05) is 0 Å². The van der Waals surface area contributed by atoms with Crippen LogP contribution in [-0.4, -0.2) is 11.1 Å². The van der Waals surface area contributed by atoms with Crippen molar-refractivity contribution in [3.05, 3.63) is 47.5 Å². The highest BCUT2D eigenvalue weighted by atomic mass is 19.4. The minimum absolute atomic E-state index is 0.0927. The number of hydrogen-bond donors (Lipinski definition) is 1. The van der Waals surface area contributed by atoms with Crippen LogP contribution in [0.5, 0.6) is 0 Å². The Balaban J connectivity index is 2.60. The van der Waals surface area contributed by atoms with Gasteiger partial charge in [0.2, 0.25) is 0 Å². The van der Waals surface area contributed by atoms with Gasteiger partial charge in [0, 0.05) is 0 Å². The quantitative estimate of drug-likeness (QED) is 0.823. The Morgan fingerprint density at radius 3 is 2.22 bits per heavy atom. The van der Waals surface area contributed by atoms with Gasteiger partial charge in [0.05, 0.1) is 5.56 Å². The molecule has 0 spiro atoms. The lowest BCUT2D eigenvalue weighted by Crippen LogP contribution is -2.35. The van der Waals surface area contributed by atoms with E-state index in [1.54, 1.807) is 12.2 Å². The molecule has 1 N–H and O–H groups in total. The second-order valence-electron chi connectivity index (χ2n) is 4.31. The predicted octanol–water partition coefficient (Wildman–Crippen LogP) is 3.38. The largest absolute Gasteiger partial charge is 0.481 e. The number of halogens is 3. The second-order valence-corrected chi connectivity index (χ2v) is 4.31. The third-order valence-electron chi connectivity index (χ3n) is 3.26. The molecule has 2 rings (SSSR count). The fourth-order valence-corrected chi connectivity index (χ4v) is 2.31. The van der Waals surface area contributed by atoms with Crippen molar-refractivity contribution >= 4 is 5.97 Å². The van der Waals surface area contributed by atoms with Crippen LogP contribution < -0.4 is 0 Å². The molecule has 0 bridgehead atoms. The van der Waals surface area contributed by atoms with Crippen molar-refractivity contribution in [2.24, 2.45) is 0 Å².